The lowest BCUT2D eigenvalue weighted by atomic mass is 10.3. The zero-order valence-electron chi connectivity index (χ0n) is 12.5. The van der Waals surface area contributed by atoms with E-state index < -0.39 is 0 Å². The van der Waals surface area contributed by atoms with Crippen LogP contribution in [0.3, 0.4) is 0 Å². The van der Waals surface area contributed by atoms with E-state index in [1.54, 1.807) is 11.0 Å². The number of carbonyl (C=O) groups excluding carboxylic acids is 1. The Bertz CT molecular complexity index is 501. The van der Waals surface area contributed by atoms with Gasteiger partial charge in [-0.15, -0.1) is 0 Å². The molecule has 5 heteroatoms. The van der Waals surface area contributed by atoms with Crippen LogP contribution >= 0.6 is 0 Å². The van der Waals surface area contributed by atoms with E-state index in [-0.39, 0.29) is 18.2 Å². The number of hydrogen-bond donors (Lipinski definition) is 0. The number of amides is 1. The molecule has 2 rings (SSSR count). The Morgan fingerprint density at radius 3 is 2.62 bits per heavy atom. The maximum Gasteiger partial charge on any atom is 0.410 e. The lowest BCUT2D eigenvalue weighted by Crippen LogP contribution is -2.32. The van der Waals surface area contributed by atoms with Gasteiger partial charge in [-0.1, -0.05) is 24.8 Å². The van der Waals surface area contributed by atoms with Gasteiger partial charge in [0.05, 0.1) is 6.54 Å². The molecule has 21 heavy (non-hydrogen) atoms. The van der Waals surface area contributed by atoms with Gasteiger partial charge < -0.3 is 19.1 Å². The monoisotopic (exact) mass is 291 g/mol. The van der Waals surface area contributed by atoms with Gasteiger partial charge >= 0.3 is 6.09 Å². The molecule has 1 aromatic carbocycles. The first-order valence-electron chi connectivity index (χ1n) is 7.04. The normalized spacial score (nSPS) is 17.8. The lowest BCUT2D eigenvalue weighted by molar-refractivity contribution is 0.101. The molecule has 1 aliphatic heterocycles. The Labute approximate surface area is 125 Å². The third-order valence-corrected chi connectivity index (χ3v) is 3.16. The van der Waals surface area contributed by atoms with Gasteiger partial charge in [-0.25, -0.2) is 4.79 Å². The van der Waals surface area contributed by atoms with E-state index in [1.165, 1.54) is 0 Å². The summed E-state index contributed by atoms with van der Waals surface area (Å²) in [6.07, 6.45) is 1.14. The molecule has 1 aliphatic rings. The van der Waals surface area contributed by atoms with Crippen LogP contribution in [0.1, 0.15) is 13.8 Å². The minimum absolute atomic E-state index is 0.130. The fourth-order valence-electron chi connectivity index (χ4n) is 2.07. The van der Waals surface area contributed by atoms with Crippen molar-refractivity contribution in [3.63, 3.8) is 0 Å². The van der Waals surface area contributed by atoms with Crippen LogP contribution in [0.4, 0.5) is 4.79 Å². The summed E-state index contributed by atoms with van der Waals surface area (Å²) in [5, 5.41) is 0. The molecule has 0 bridgehead atoms. The van der Waals surface area contributed by atoms with Crippen LogP contribution in [0.2, 0.25) is 0 Å². The van der Waals surface area contributed by atoms with E-state index in [0.29, 0.717) is 31.3 Å². The number of nitrogens with zero attached hydrogens (tertiary/aromatic N) is 1. The van der Waals surface area contributed by atoms with Gasteiger partial charge in [0.25, 0.3) is 0 Å². The fraction of sp³-hybridized carbons (Fsp3) is 0.438. The van der Waals surface area contributed by atoms with Crippen molar-refractivity contribution in [1.82, 2.24) is 4.90 Å². The van der Waals surface area contributed by atoms with Gasteiger partial charge in [-0.05, 0) is 26.0 Å². The van der Waals surface area contributed by atoms with E-state index in [9.17, 15) is 4.79 Å². The second-order valence-corrected chi connectivity index (χ2v) is 5.11. The van der Waals surface area contributed by atoms with Crippen LogP contribution in [0, 0.1) is 0 Å². The van der Waals surface area contributed by atoms with Crippen LogP contribution in [0.25, 0.3) is 0 Å². The van der Waals surface area contributed by atoms with Gasteiger partial charge in [0, 0.05) is 6.04 Å². The van der Waals surface area contributed by atoms with Crippen LogP contribution in [-0.4, -0.2) is 42.9 Å². The zero-order chi connectivity index (χ0) is 15.2. The third kappa shape index (κ3) is 3.90. The summed E-state index contributed by atoms with van der Waals surface area (Å²) < 4.78 is 16.5. The molecule has 0 radical (unpaired) electrons. The molecule has 1 heterocycles. The van der Waals surface area contributed by atoms with Gasteiger partial charge in [-0.3, -0.25) is 0 Å². The highest BCUT2D eigenvalue weighted by Crippen LogP contribution is 2.27. The van der Waals surface area contributed by atoms with Gasteiger partial charge in [0.2, 0.25) is 0 Å². The average Bonchev–Trinajstić information content (AvgIpc) is 2.85. The summed E-state index contributed by atoms with van der Waals surface area (Å²) in [7, 11) is 0. The smallest absolute Gasteiger partial charge is 0.410 e. The van der Waals surface area contributed by atoms with Crippen LogP contribution in [0.5, 0.6) is 11.5 Å². The Balaban J connectivity index is 1.92. The van der Waals surface area contributed by atoms with Crippen molar-refractivity contribution < 1.29 is 19.0 Å². The minimum Gasteiger partial charge on any atom is -0.486 e. The van der Waals surface area contributed by atoms with Crippen molar-refractivity contribution in [2.75, 3.05) is 19.8 Å². The molecule has 0 N–H and O–H groups in total. The predicted molar refractivity (Wildman–Crippen MR) is 79.7 cm³/mol. The van der Waals surface area contributed by atoms with Gasteiger partial charge in [-0.2, -0.15) is 0 Å². The van der Waals surface area contributed by atoms with Crippen LogP contribution < -0.4 is 9.47 Å². The SMILES string of the molecule is C=CCOc1ccccc1OCC1CN(C(C)C)C(=O)O1. The summed E-state index contributed by atoms with van der Waals surface area (Å²) in [6.45, 7) is 8.81. The molecule has 1 amide bonds. The highest BCUT2D eigenvalue weighted by atomic mass is 16.6. The molecule has 114 valence electrons. The summed E-state index contributed by atoms with van der Waals surface area (Å²) in [5.74, 6) is 1.29. The van der Waals surface area contributed by atoms with Crippen molar-refractivity contribution in [2.45, 2.75) is 26.0 Å². The summed E-state index contributed by atoms with van der Waals surface area (Å²) in [6, 6.07) is 7.54. The maximum absolute atomic E-state index is 11.7. The number of para-hydroxylation sites is 2. The molecule has 1 aromatic rings. The largest absolute Gasteiger partial charge is 0.486 e. The summed E-state index contributed by atoms with van der Waals surface area (Å²) >= 11 is 0. The molecule has 1 saturated heterocycles. The predicted octanol–water partition coefficient (Wildman–Crippen LogP) is 2.86. The van der Waals surface area contributed by atoms with E-state index in [1.807, 2.05) is 38.1 Å². The quantitative estimate of drug-likeness (QED) is 0.725. The fourth-order valence-corrected chi connectivity index (χ4v) is 2.07. The highest BCUT2D eigenvalue weighted by Gasteiger charge is 2.33. The Hall–Kier alpha value is -2.17. The highest BCUT2D eigenvalue weighted by molar-refractivity contribution is 5.70. The number of ether oxygens (including phenoxy) is 3. The Morgan fingerprint density at radius 1 is 1.38 bits per heavy atom. The van der Waals surface area contributed by atoms with Crippen molar-refractivity contribution >= 4 is 6.09 Å². The minimum atomic E-state index is -0.283. The Kier molecular flexibility index (Phi) is 5.09. The van der Waals surface area contributed by atoms with Crippen molar-refractivity contribution in [1.29, 1.82) is 0 Å². The van der Waals surface area contributed by atoms with E-state index in [0.717, 1.165) is 0 Å². The first kappa shape index (κ1) is 15.2. The molecule has 0 spiro atoms. The number of cyclic esters (lactones) is 1. The first-order chi connectivity index (χ1) is 10.1. The van der Waals surface area contributed by atoms with Crippen LogP contribution in [0.15, 0.2) is 36.9 Å². The van der Waals surface area contributed by atoms with E-state index in [2.05, 4.69) is 6.58 Å². The molecular formula is C16H21NO4. The number of benzene rings is 1. The molecule has 1 unspecified atom stereocenters. The molecule has 1 fully saturated rings. The first-order valence-corrected chi connectivity index (χ1v) is 7.04. The molecule has 1 atom stereocenters. The number of rotatable bonds is 7. The van der Waals surface area contributed by atoms with Crippen molar-refractivity contribution in [3.05, 3.63) is 36.9 Å². The van der Waals surface area contributed by atoms with E-state index >= 15 is 0 Å². The molecule has 5 nitrogen and oxygen atoms in total. The molecule has 0 saturated carbocycles. The second kappa shape index (κ2) is 7.02. The number of carbonyl (C=O) groups is 1. The van der Waals surface area contributed by atoms with Crippen molar-refractivity contribution in [3.8, 4) is 11.5 Å². The lowest BCUT2D eigenvalue weighted by Gasteiger charge is -2.17. The van der Waals surface area contributed by atoms with E-state index in [4.69, 9.17) is 14.2 Å². The average molecular weight is 291 g/mol. The molecular weight excluding hydrogens is 270 g/mol. The molecule has 0 aliphatic carbocycles. The molecule has 0 aromatic heterocycles. The summed E-state index contributed by atoms with van der Waals surface area (Å²) in [5.41, 5.74) is 0. The standard InChI is InChI=1S/C16H21NO4/c1-4-9-19-14-7-5-6-8-15(14)20-11-13-10-17(12(2)3)16(18)21-13/h4-8,12-13H,1,9-11H2,2-3H3. The van der Waals surface area contributed by atoms with Crippen molar-refractivity contribution in [2.24, 2.45) is 0 Å². The van der Waals surface area contributed by atoms with Crippen LogP contribution in [-0.2, 0) is 4.74 Å². The third-order valence-electron chi connectivity index (χ3n) is 3.16. The summed E-state index contributed by atoms with van der Waals surface area (Å²) in [4.78, 5) is 13.3. The van der Waals surface area contributed by atoms with Gasteiger partial charge in [0.15, 0.2) is 17.6 Å². The van der Waals surface area contributed by atoms with Gasteiger partial charge in [0.1, 0.15) is 13.2 Å². The number of hydrogen-bond acceptors (Lipinski definition) is 4. The second-order valence-electron chi connectivity index (χ2n) is 5.11. The zero-order valence-corrected chi connectivity index (χ0v) is 12.5. The maximum atomic E-state index is 11.7. The topological polar surface area (TPSA) is 48.0 Å². The Morgan fingerprint density at radius 2 is 2.05 bits per heavy atom.